The number of nitrogens with one attached hydrogen (secondary N) is 2. The summed E-state index contributed by atoms with van der Waals surface area (Å²) in [5.41, 5.74) is 0.488. The van der Waals surface area contributed by atoms with Gasteiger partial charge >= 0.3 is 0 Å². The molecule has 2 N–H and O–H groups in total. The van der Waals surface area contributed by atoms with Crippen molar-refractivity contribution < 1.29 is 14.3 Å². The van der Waals surface area contributed by atoms with Gasteiger partial charge in [-0.05, 0) is 56.3 Å². The van der Waals surface area contributed by atoms with Crippen LogP contribution in [-0.2, 0) is 0 Å². The van der Waals surface area contributed by atoms with Crippen LogP contribution in [-0.4, -0.2) is 39.3 Å². The van der Waals surface area contributed by atoms with Crippen LogP contribution >= 0.6 is 11.6 Å². The van der Waals surface area contributed by atoms with Crippen molar-refractivity contribution in [2.45, 2.75) is 33.1 Å². The molecule has 2 rings (SSSR count). The normalized spacial score (nSPS) is 17.4. The molecule has 6 heteroatoms. The predicted molar refractivity (Wildman–Crippen MR) is 101 cm³/mol. The molecule has 0 aromatic heterocycles. The first-order chi connectivity index (χ1) is 12.0. The van der Waals surface area contributed by atoms with E-state index in [4.69, 9.17) is 21.1 Å². The Hall–Kier alpha value is -1.46. The summed E-state index contributed by atoms with van der Waals surface area (Å²) in [6, 6.07) is 3.33. The van der Waals surface area contributed by atoms with Crippen LogP contribution in [0.25, 0.3) is 0 Å². The number of carbonyl (C=O) groups excluding carboxylic acids is 1. The molecular formula is C19H29ClN2O3. The number of methoxy groups -OCH3 is 1. The van der Waals surface area contributed by atoms with Gasteiger partial charge in [0.2, 0.25) is 0 Å². The monoisotopic (exact) mass is 368 g/mol. The maximum atomic E-state index is 12.4. The average Bonchev–Trinajstić information content (AvgIpc) is 2.61. The predicted octanol–water partition coefficient (Wildman–Crippen LogP) is 3.50. The lowest BCUT2D eigenvalue weighted by atomic mass is 9.99. The molecule has 1 aromatic carbocycles. The number of hydrogen-bond acceptors (Lipinski definition) is 4. The quantitative estimate of drug-likeness (QED) is 0.737. The lowest BCUT2D eigenvalue weighted by molar-refractivity contribution is 0.0944. The van der Waals surface area contributed by atoms with Gasteiger partial charge in [-0.3, -0.25) is 4.79 Å². The van der Waals surface area contributed by atoms with Gasteiger partial charge in [0.15, 0.2) is 11.5 Å². The number of rotatable bonds is 8. The van der Waals surface area contributed by atoms with E-state index in [0.29, 0.717) is 47.1 Å². The van der Waals surface area contributed by atoms with Gasteiger partial charge in [-0.15, -0.1) is 0 Å². The van der Waals surface area contributed by atoms with Gasteiger partial charge in [0.25, 0.3) is 5.91 Å². The minimum atomic E-state index is -0.139. The van der Waals surface area contributed by atoms with E-state index >= 15 is 0 Å². The fourth-order valence-electron chi connectivity index (χ4n) is 2.83. The first-order valence-corrected chi connectivity index (χ1v) is 9.38. The SMILES string of the molecule is COc1cc(C(=O)NCC2CCCNC2)cc(Cl)c1OCCC(C)C. The van der Waals surface area contributed by atoms with Crippen LogP contribution in [0.4, 0.5) is 0 Å². The lowest BCUT2D eigenvalue weighted by Crippen LogP contribution is -2.38. The second-order valence-electron chi connectivity index (χ2n) is 6.94. The Morgan fingerprint density at radius 3 is 2.88 bits per heavy atom. The molecule has 1 aromatic rings. The number of piperidine rings is 1. The number of halogens is 1. The van der Waals surface area contributed by atoms with E-state index in [1.54, 1.807) is 19.2 Å². The van der Waals surface area contributed by atoms with Gasteiger partial charge in [-0.25, -0.2) is 0 Å². The Bertz CT molecular complexity index is 572. The maximum absolute atomic E-state index is 12.4. The molecule has 0 bridgehead atoms. The molecule has 140 valence electrons. The molecule has 1 amide bonds. The molecule has 1 atom stereocenters. The van der Waals surface area contributed by atoms with Crippen molar-refractivity contribution in [3.8, 4) is 11.5 Å². The van der Waals surface area contributed by atoms with Gasteiger partial charge in [-0.1, -0.05) is 25.4 Å². The van der Waals surface area contributed by atoms with Crippen LogP contribution in [0.2, 0.25) is 5.02 Å². The van der Waals surface area contributed by atoms with E-state index in [9.17, 15) is 4.79 Å². The van der Waals surface area contributed by atoms with Crippen molar-refractivity contribution in [1.29, 1.82) is 0 Å². The smallest absolute Gasteiger partial charge is 0.251 e. The fraction of sp³-hybridized carbons (Fsp3) is 0.632. The van der Waals surface area contributed by atoms with Crippen molar-refractivity contribution in [1.82, 2.24) is 10.6 Å². The summed E-state index contributed by atoms with van der Waals surface area (Å²) in [5, 5.41) is 6.74. The second kappa shape index (κ2) is 9.88. The zero-order valence-electron chi connectivity index (χ0n) is 15.4. The highest BCUT2D eigenvalue weighted by Crippen LogP contribution is 2.36. The van der Waals surface area contributed by atoms with E-state index in [1.165, 1.54) is 0 Å². The Kier molecular flexibility index (Phi) is 7.85. The molecule has 1 heterocycles. The molecule has 1 unspecified atom stereocenters. The standard InChI is InChI=1S/C19H29ClN2O3/c1-13(2)6-8-25-18-16(20)9-15(10-17(18)24-3)19(23)22-12-14-5-4-7-21-11-14/h9-10,13-14,21H,4-8,11-12H2,1-3H3,(H,22,23). The molecule has 1 aliphatic rings. The van der Waals surface area contributed by atoms with Crippen LogP contribution in [0.15, 0.2) is 12.1 Å². The highest BCUT2D eigenvalue weighted by atomic mass is 35.5. The Labute approximate surface area is 155 Å². The summed E-state index contributed by atoms with van der Waals surface area (Å²) in [6.45, 7) is 7.52. The van der Waals surface area contributed by atoms with Gasteiger partial charge in [0, 0.05) is 12.1 Å². The molecule has 25 heavy (non-hydrogen) atoms. The third-order valence-electron chi connectivity index (χ3n) is 4.38. The summed E-state index contributed by atoms with van der Waals surface area (Å²) in [6.07, 6.45) is 3.22. The van der Waals surface area contributed by atoms with Crippen LogP contribution in [0.3, 0.4) is 0 Å². The van der Waals surface area contributed by atoms with Crippen LogP contribution < -0.4 is 20.1 Å². The third-order valence-corrected chi connectivity index (χ3v) is 4.66. The largest absolute Gasteiger partial charge is 0.493 e. The average molecular weight is 369 g/mol. The highest BCUT2D eigenvalue weighted by Gasteiger charge is 2.18. The first-order valence-electron chi connectivity index (χ1n) is 9.00. The molecule has 0 radical (unpaired) electrons. The summed E-state index contributed by atoms with van der Waals surface area (Å²) >= 11 is 6.33. The van der Waals surface area contributed by atoms with Crippen molar-refractivity contribution in [2.75, 3.05) is 33.4 Å². The van der Waals surface area contributed by atoms with Crippen LogP contribution in [0.1, 0.15) is 43.5 Å². The summed E-state index contributed by atoms with van der Waals surface area (Å²) < 4.78 is 11.1. The third kappa shape index (κ3) is 6.08. The van der Waals surface area contributed by atoms with E-state index in [2.05, 4.69) is 24.5 Å². The first kappa shape index (κ1) is 19.9. The molecular weight excluding hydrogens is 340 g/mol. The molecule has 1 saturated heterocycles. The van der Waals surface area contributed by atoms with E-state index in [1.807, 2.05) is 0 Å². The van der Waals surface area contributed by atoms with Gasteiger partial charge in [-0.2, -0.15) is 0 Å². The van der Waals surface area contributed by atoms with Crippen molar-refractivity contribution >= 4 is 17.5 Å². The van der Waals surface area contributed by atoms with Gasteiger partial charge < -0.3 is 20.1 Å². The Morgan fingerprint density at radius 1 is 1.44 bits per heavy atom. The zero-order valence-corrected chi connectivity index (χ0v) is 16.1. The Balaban J connectivity index is 2.00. The minimum absolute atomic E-state index is 0.139. The molecule has 0 aliphatic carbocycles. The molecule has 1 aliphatic heterocycles. The molecule has 0 saturated carbocycles. The van der Waals surface area contributed by atoms with Crippen molar-refractivity contribution in [3.05, 3.63) is 22.7 Å². The number of carbonyl (C=O) groups is 1. The number of ether oxygens (including phenoxy) is 2. The lowest BCUT2D eigenvalue weighted by Gasteiger charge is -2.23. The molecule has 1 fully saturated rings. The number of hydrogen-bond donors (Lipinski definition) is 2. The van der Waals surface area contributed by atoms with Gasteiger partial charge in [0.1, 0.15) is 0 Å². The summed E-state index contributed by atoms with van der Waals surface area (Å²) in [5.74, 6) is 1.87. The van der Waals surface area contributed by atoms with Crippen molar-refractivity contribution in [3.63, 3.8) is 0 Å². The fourth-order valence-corrected chi connectivity index (χ4v) is 3.09. The number of amides is 1. The second-order valence-corrected chi connectivity index (χ2v) is 7.35. The van der Waals surface area contributed by atoms with Gasteiger partial charge in [0.05, 0.1) is 18.7 Å². The molecule has 5 nitrogen and oxygen atoms in total. The summed E-state index contributed by atoms with van der Waals surface area (Å²) in [4.78, 5) is 12.4. The zero-order chi connectivity index (χ0) is 18.2. The van der Waals surface area contributed by atoms with E-state index in [-0.39, 0.29) is 5.91 Å². The minimum Gasteiger partial charge on any atom is -0.493 e. The van der Waals surface area contributed by atoms with Crippen LogP contribution in [0.5, 0.6) is 11.5 Å². The topological polar surface area (TPSA) is 59.6 Å². The summed E-state index contributed by atoms with van der Waals surface area (Å²) in [7, 11) is 1.55. The maximum Gasteiger partial charge on any atom is 0.251 e. The highest BCUT2D eigenvalue weighted by molar-refractivity contribution is 6.32. The molecule has 0 spiro atoms. The Morgan fingerprint density at radius 2 is 2.24 bits per heavy atom. The van der Waals surface area contributed by atoms with Crippen LogP contribution in [0, 0.1) is 11.8 Å². The van der Waals surface area contributed by atoms with Crippen molar-refractivity contribution in [2.24, 2.45) is 11.8 Å². The number of benzene rings is 1. The van der Waals surface area contributed by atoms with E-state index < -0.39 is 0 Å². The van der Waals surface area contributed by atoms with E-state index in [0.717, 1.165) is 32.4 Å².